The summed E-state index contributed by atoms with van der Waals surface area (Å²) < 4.78 is 62.4. The zero-order valence-corrected chi connectivity index (χ0v) is 20.2. The highest BCUT2D eigenvalue weighted by Crippen LogP contribution is 2.35. The normalized spacial score (nSPS) is 23.1. The van der Waals surface area contributed by atoms with Crippen LogP contribution in [0.4, 0.5) is 17.6 Å². The van der Waals surface area contributed by atoms with Gasteiger partial charge >= 0.3 is 6.18 Å². The molecule has 36 heavy (non-hydrogen) atoms. The summed E-state index contributed by atoms with van der Waals surface area (Å²) in [5, 5.41) is 6.66. The van der Waals surface area contributed by atoms with Crippen LogP contribution in [0.15, 0.2) is 16.7 Å². The van der Waals surface area contributed by atoms with Gasteiger partial charge in [-0.15, -0.1) is 0 Å². The number of amides is 1. The molecule has 198 valence electrons. The summed E-state index contributed by atoms with van der Waals surface area (Å²) in [5.74, 6) is 0.512. The maximum Gasteiger partial charge on any atom is 0.422 e. The molecule has 0 unspecified atom stereocenters. The van der Waals surface area contributed by atoms with Crippen molar-refractivity contribution in [2.24, 2.45) is 0 Å². The minimum Gasteiger partial charge on any atom is -0.468 e. The molecule has 12 heteroatoms. The van der Waals surface area contributed by atoms with Crippen molar-refractivity contribution in [3.63, 3.8) is 0 Å². The van der Waals surface area contributed by atoms with E-state index >= 15 is 4.39 Å². The van der Waals surface area contributed by atoms with Crippen LogP contribution in [0.5, 0.6) is 5.88 Å². The number of hydrogen-bond donors (Lipinski definition) is 1. The number of halogens is 4. The first-order valence-corrected chi connectivity index (χ1v) is 12.3. The molecule has 2 aromatic rings. The highest BCUT2D eigenvalue weighted by Gasteiger charge is 2.36. The molecule has 4 rings (SSSR count). The van der Waals surface area contributed by atoms with Gasteiger partial charge in [-0.05, 0) is 44.1 Å². The molecule has 0 bridgehead atoms. The average molecular weight is 514 g/mol. The maximum absolute atomic E-state index is 15.5. The summed E-state index contributed by atoms with van der Waals surface area (Å²) in [6, 6.07) is 3.17. The van der Waals surface area contributed by atoms with Gasteiger partial charge in [-0.25, -0.2) is 9.37 Å². The highest BCUT2D eigenvalue weighted by atomic mass is 19.4. The van der Waals surface area contributed by atoms with Crippen molar-refractivity contribution in [2.75, 3.05) is 26.2 Å². The number of hydrogen-bond acceptors (Lipinski definition) is 7. The number of alkyl halides is 4. The van der Waals surface area contributed by atoms with E-state index in [-0.39, 0.29) is 24.2 Å². The van der Waals surface area contributed by atoms with E-state index in [1.165, 1.54) is 6.07 Å². The molecule has 2 aromatic heterocycles. The van der Waals surface area contributed by atoms with Crippen LogP contribution in [0, 0.1) is 6.92 Å². The molecule has 3 heterocycles. The van der Waals surface area contributed by atoms with Crippen molar-refractivity contribution >= 4 is 5.91 Å². The lowest BCUT2D eigenvalue weighted by Gasteiger charge is -2.35. The van der Waals surface area contributed by atoms with Gasteiger partial charge < -0.3 is 19.5 Å². The molecule has 2 aliphatic rings. The molecule has 0 spiro atoms. The molecule has 1 N–H and O–H groups in total. The predicted molar refractivity (Wildman–Crippen MR) is 121 cm³/mol. The van der Waals surface area contributed by atoms with Crippen molar-refractivity contribution < 1.29 is 31.6 Å². The topological polar surface area (TPSA) is 93.4 Å². The van der Waals surface area contributed by atoms with E-state index < -0.39 is 18.5 Å². The third-order valence-corrected chi connectivity index (χ3v) is 6.80. The van der Waals surface area contributed by atoms with Gasteiger partial charge in [0.15, 0.2) is 12.4 Å². The average Bonchev–Trinajstić information content (AvgIpc) is 3.11. The number of ether oxygens (including phenoxy) is 1. The zero-order chi connectivity index (χ0) is 25.8. The molecule has 0 radical (unpaired) electrons. The first kappa shape index (κ1) is 26.3. The molecule has 1 amide bonds. The van der Waals surface area contributed by atoms with Crippen molar-refractivity contribution in [2.45, 2.75) is 76.2 Å². The predicted octanol–water partition coefficient (Wildman–Crippen LogP) is 3.51. The Kier molecular flexibility index (Phi) is 8.11. The number of pyridine rings is 1. The Hall–Kier alpha value is -2.76. The van der Waals surface area contributed by atoms with Crippen LogP contribution in [0.3, 0.4) is 0 Å². The third-order valence-electron chi connectivity index (χ3n) is 6.80. The van der Waals surface area contributed by atoms with Gasteiger partial charge in [0, 0.05) is 50.8 Å². The summed E-state index contributed by atoms with van der Waals surface area (Å²) in [6.07, 6.45) is -0.777. The second-order valence-corrected chi connectivity index (χ2v) is 9.65. The number of nitrogens with one attached hydrogen (secondary N) is 1. The molecule has 1 aliphatic carbocycles. The summed E-state index contributed by atoms with van der Waals surface area (Å²) in [7, 11) is 0. The van der Waals surface area contributed by atoms with Crippen molar-refractivity contribution in [3.05, 3.63) is 35.1 Å². The molecule has 0 atom stereocenters. The van der Waals surface area contributed by atoms with Crippen molar-refractivity contribution in [1.82, 2.24) is 25.3 Å². The van der Waals surface area contributed by atoms with Crippen LogP contribution < -0.4 is 10.1 Å². The Morgan fingerprint density at radius 1 is 1.22 bits per heavy atom. The minimum absolute atomic E-state index is 0.0292. The van der Waals surface area contributed by atoms with Crippen LogP contribution in [-0.4, -0.2) is 70.1 Å². The van der Waals surface area contributed by atoms with Crippen LogP contribution in [0.25, 0.3) is 0 Å². The smallest absolute Gasteiger partial charge is 0.422 e. The molecule has 1 saturated carbocycles. The van der Waals surface area contributed by atoms with Crippen LogP contribution in [-0.2, 0) is 24.1 Å². The number of carbonyl (C=O) groups excluding carboxylic acids is 1. The Morgan fingerprint density at radius 2 is 1.97 bits per heavy atom. The Labute approximate surface area is 206 Å². The molecule has 0 saturated heterocycles. The lowest BCUT2D eigenvalue weighted by molar-refractivity contribution is -0.154. The Bertz CT molecular complexity index is 1040. The molecular formula is C24H31F4N5O3. The number of rotatable bonds is 8. The lowest BCUT2D eigenvalue weighted by atomic mass is 9.81. The zero-order valence-electron chi connectivity index (χ0n) is 20.2. The van der Waals surface area contributed by atoms with E-state index in [9.17, 15) is 18.0 Å². The minimum atomic E-state index is -4.41. The lowest BCUT2D eigenvalue weighted by Crippen LogP contribution is -2.43. The number of aryl methyl sites for hydroxylation is 1. The molecule has 1 aliphatic heterocycles. The maximum atomic E-state index is 15.5. The number of nitrogens with zero attached hydrogens (tertiary/aromatic N) is 4. The standard InChI is InChI=1S/C24H31F4N5O3/c1-16-29-20(32-36-16)14-21(34)30-18-4-8-23(25,9-5-18)10-13-33-11-6-17-2-3-22(31-19(17)7-12-33)35-15-24(26,27)28/h2-3,18H,4-15H2,1H3,(H,30,34). The fourth-order valence-corrected chi connectivity index (χ4v) is 4.79. The second-order valence-electron chi connectivity index (χ2n) is 9.65. The monoisotopic (exact) mass is 513 g/mol. The van der Waals surface area contributed by atoms with Gasteiger partial charge in [0.1, 0.15) is 5.67 Å². The van der Waals surface area contributed by atoms with E-state index in [2.05, 4.69) is 25.3 Å². The summed E-state index contributed by atoms with van der Waals surface area (Å²) in [4.78, 5) is 22.7. The second kappa shape index (κ2) is 11.1. The van der Waals surface area contributed by atoms with Gasteiger partial charge in [-0.3, -0.25) is 4.79 Å². The van der Waals surface area contributed by atoms with E-state index in [1.54, 1.807) is 13.0 Å². The number of aromatic nitrogens is 3. The van der Waals surface area contributed by atoms with Crippen LogP contribution >= 0.6 is 0 Å². The first-order valence-electron chi connectivity index (χ1n) is 12.3. The van der Waals surface area contributed by atoms with E-state index in [4.69, 9.17) is 9.26 Å². The summed E-state index contributed by atoms with van der Waals surface area (Å²) in [6.45, 7) is 2.28. The van der Waals surface area contributed by atoms with E-state index in [0.29, 0.717) is 69.8 Å². The third kappa shape index (κ3) is 7.62. The summed E-state index contributed by atoms with van der Waals surface area (Å²) >= 11 is 0. The number of carbonyl (C=O) groups is 1. The van der Waals surface area contributed by atoms with Crippen molar-refractivity contribution in [1.29, 1.82) is 0 Å². The van der Waals surface area contributed by atoms with Gasteiger partial charge in [-0.1, -0.05) is 11.2 Å². The van der Waals surface area contributed by atoms with Crippen LogP contribution in [0.1, 0.15) is 55.1 Å². The Balaban J connectivity index is 1.19. The quantitative estimate of drug-likeness (QED) is 0.540. The molecular weight excluding hydrogens is 482 g/mol. The fourth-order valence-electron chi connectivity index (χ4n) is 4.79. The molecule has 0 aromatic carbocycles. The fraction of sp³-hybridized carbons (Fsp3) is 0.667. The highest BCUT2D eigenvalue weighted by molar-refractivity contribution is 5.78. The van der Waals surface area contributed by atoms with Gasteiger partial charge in [-0.2, -0.15) is 18.2 Å². The van der Waals surface area contributed by atoms with E-state index in [0.717, 1.165) is 17.8 Å². The van der Waals surface area contributed by atoms with E-state index in [1.807, 2.05) is 0 Å². The Morgan fingerprint density at radius 3 is 2.67 bits per heavy atom. The first-order chi connectivity index (χ1) is 17.1. The van der Waals surface area contributed by atoms with Crippen molar-refractivity contribution in [3.8, 4) is 5.88 Å². The van der Waals surface area contributed by atoms with Gasteiger partial charge in [0.25, 0.3) is 0 Å². The number of fused-ring (bicyclic) bond motifs is 1. The van der Waals surface area contributed by atoms with Gasteiger partial charge in [0.05, 0.1) is 6.42 Å². The SMILES string of the molecule is Cc1nc(CC(=O)NC2CCC(F)(CCN3CCc4ccc(OCC(F)(F)F)nc4CC3)CC2)no1. The largest absolute Gasteiger partial charge is 0.468 e. The van der Waals surface area contributed by atoms with Gasteiger partial charge in [0.2, 0.25) is 17.7 Å². The van der Waals surface area contributed by atoms with Crippen LogP contribution in [0.2, 0.25) is 0 Å². The molecule has 8 nitrogen and oxygen atoms in total. The summed E-state index contributed by atoms with van der Waals surface area (Å²) in [5.41, 5.74) is 0.445. The molecule has 1 fully saturated rings.